The van der Waals surface area contributed by atoms with Gasteiger partial charge in [-0.1, -0.05) is 24.3 Å². The van der Waals surface area contributed by atoms with Crippen molar-refractivity contribution in [2.45, 2.75) is 6.92 Å². The van der Waals surface area contributed by atoms with Crippen molar-refractivity contribution in [2.75, 3.05) is 0 Å². The molecular weight excluding hydrogens is 241 g/mol. The van der Waals surface area contributed by atoms with Crippen molar-refractivity contribution in [1.82, 2.24) is 0 Å². The molecule has 0 aliphatic rings. The Hall–Kier alpha value is -2.10. The predicted octanol–water partition coefficient (Wildman–Crippen LogP) is 3.97. The molecule has 0 amide bonds. The van der Waals surface area contributed by atoms with E-state index in [1.165, 1.54) is 19.1 Å². The monoisotopic (exact) mass is 250 g/mol. The molecular formula is C14H9F3O. The van der Waals surface area contributed by atoms with Gasteiger partial charge >= 0.3 is 0 Å². The molecule has 0 heterocycles. The number of carbonyl (C=O) groups excluding carboxylic acids is 1. The van der Waals surface area contributed by atoms with Gasteiger partial charge in [0, 0.05) is 11.1 Å². The third kappa shape index (κ3) is 2.01. The smallest absolute Gasteiger partial charge is 0.195 e. The average Bonchev–Trinajstić information content (AvgIpc) is 2.36. The normalized spacial score (nSPS) is 10.4. The van der Waals surface area contributed by atoms with E-state index in [2.05, 4.69) is 0 Å². The molecule has 0 saturated heterocycles. The summed E-state index contributed by atoms with van der Waals surface area (Å²) in [4.78, 5) is 11.4. The van der Waals surface area contributed by atoms with Crippen molar-refractivity contribution in [2.24, 2.45) is 0 Å². The minimum Gasteiger partial charge on any atom is -0.294 e. The Morgan fingerprint density at radius 3 is 2.22 bits per heavy atom. The van der Waals surface area contributed by atoms with Crippen LogP contribution in [0.3, 0.4) is 0 Å². The van der Waals surface area contributed by atoms with Crippen LogP contribution in [0.1, 0.15) is 17.3 Å². The zero-order valence-corrected chi connectivity index (χ0v) is 9.51. The van der Waals surface area contributed by atoms with Gasteiger partial charge in [-0.3, -0.25) is 4.79 Å². The Balaban J connectivity index is 2.70. The summed E-state index contributed by atoms with van der Waals surface area (Å²) in [5.74, 6) is -4.35. The predicted molar refractivity (Wildman–Crippen MR) is 61.8 cm³/mol. The Bertz CT molecular complexity index is 620. The molecule has 2 rings (SSSR count). The molecule has 0 aliphatic heterocycles. The number of rotatable bonds is 2. The molecule has 0 fully saturated rings. The van der Waals surface area contributed by atoms with Crippen molar-refractivity contribution >= 4 is 5.78 Å². The Labute approximate surface area is 102 Å². The van der Waals surface area contributed by atoms with Gasteiger partial charge in [-0.25, -0.2) is 13.2 Å². The van der Waals surface area contributed by atoms with Gasteiger partial charge in [0.1, 0.15) is 0 Å². The number of halogens is 3. The molecule has 18 heavy (non-hydrogen) atoms. The number of hydrogen-bond donors (Lipinski definition) is 0. The van der Waals surface area contributed by atoms with Crippen molar-refractivity contribution in [1.29, 1.82) is 0 Å². The lowest BCUT2D eigenvalue weighted by Crippen LogP contribution is -1.99. The van der Waals surface area contributed by atoms with Crippen LogP contribution < -0.4 is 0 Å². The highest BCUT2D eigenvalue weighted by Gasteiger charge is 2.17. The Morgan fingerprint density at radius 2 is 1.56 bits per heavy atom. The number of hydrogen-bond acceptors (Lipinski definition) is 1. The van der Waals surface area contributed by atoms with E-state index in [0.717, 1.165) is 12.1 Å². The Morgan fingerprint density at radius 1 is 0.889 bits per heavy atom. The van der Waals surface area contributed by atoms with Gasteiger partial charge in [-0.05, 0) is 24.6 Å². The van der Waals surface area contributed by atoms with Gasteiger partial charge in [-0.2, -0.15) is 0 Å². The molecule has 0 saturated carbocycles. The molecule has 92 valence electrons. The van der Waals surface area contributed by atoms with Crippen LogP contribution in [-0.4, -0.2) is 5.78 Å². The van der Waals surface area contributed by atoms with E-state index in [4.69, 9.17) is 0 Å². The molecule has 4 heteroatoms. The summed E-state index contributed by atoms with van der Waals surface area (Å²) in [6.07, 6.45) is 0. The summed E-state index contributed by atoms with van der Waals surface area (Å²) >= 11 is 0. The first kappa shape index (κ1) is 12.4. The van der Waals surface area contributed by atoms with Crippen molar-refractivity contribution in [3.05, 3.63) is 59.4 Å². The molecule has 0 spiro atoms. The first-order chi connectivity index (χ1) is 8.52. The maximum absolute atomic E-state index is 13.7. The van der Waals surface area contributed by atoms with Crippen LogP contribution in [0.5, 0.6) is 0 Å². The molecule has 0 bridgehead atoms. The van der Waals surface area contributed by atoms with Crippen LogP contribution in [0.2, 0.25) is 0 Å². The van der Waals surface area contributed by atoms with E-state index in [-0.39, 0.29) is 22.5 Å². The first-order valence-corrected chi connectivity index (χ1v) is 5.26. The van der Waals surface area contributed by atoms with Crippen LogP contribution >= 0.6 is 0 Å². The quantitative estimate of drug-likeness (QED) is 0.582. The molecule has 0 unspecified atom stereocenters. The zero-order valence-electron chi connectivity index (χ0n) is 9.51. The summed E-state index contributed by atoms with van der Waals surface area (Å²) in [7, 11) is 0. The second kappa shape index (κ2) is 4.64. The summed E-state index contributed by atoms with van der Waals surface area (Å²) < 4.78 is 39.7. The number of carbonyl (C=O) groups is 1. The van der Waals surface area contributed by atoms with Crippen LogP contribution in [0.25, 0.3) is 11.1 Å². The van der Waals surface area contributed by atoms with Crippen LogP contribution in [0, 0.1) is 17.5 Å². The first-order valence-electron chi connectivity index (χ1n) is 5.26. The van der Waals surface area contributed by atoms with Gasteiger partial charge in [0.2, 0.25) is 0 Å². The van der Waals surface area contributed by atoms with Gasteiger partial charge in [0.05, 0.1) is 0 Å². The van der Waals surface area contributed by atoms with Crippen molar-refractivity contribution in [3.8, 4) is 11.1 Å². The fourth-order valence-electron chi connectivity index (χ4n) is 1.76. The highest BCUT2D eigenvalue weighted by molar-refractivity contribution is 6.00. The van der Waals surface area contributed by atoms with Crippen LogP contribution in [-0.2, 0) is 0 Å². The molecule has 2 aromatic carbocycles. The molecule has 0 radical (unpaired) electrons. The molecule has 0 N–H and O–H groups in total. The summed E-state index contributed by atoms with van der Waals surface area (Å²) in [6, 6.07) is 8.19. The molecule has 0 aromatic heterocycles. The lowest BCUT2D eigenvalue weighted by atomic mass is 9.97. The van der Waals surface area contributed by atoms with Crippen molar-refractivity contribution < 1.29 is 18.0 Å². The third-order valence-corrected chi connectivity index (χ3v) is 2.63. The van der Waals surface area contributed by atoms with E-state index >= 15 is 0 Å². The number of ketones is 1. The minimum absolute atomic E-state index is 0.125. The molecule has 0 aliphatic carbocycles. The van der Waals surface area contributed by atoms with Crippen LogP contribution in [0.4, 0.5) is 13.2 Å². The maximum atomic E-state index is 13.7. The Kier molecular flexibility index (Phi) is 3.19. The van der Waals surface area contributed by atoms with E-state index in [9.17, 15) is 18.0 Å². The van der Waals surface area contributed by atoms with Gasteiger partial charge in [0.25, 0.3) is 0 Å². The number of benzene rings is 2. The lowest BCUT2D eigenvalue weighted by Gasteiger charge is -2.08. The molecule has 1 nitrogen and oxygen atoms in total. The van der Waals surface area contributed by atoms with Crippen molar-refractivity contribution in [3.63, 3.8) is 0 Å². The third-order valence-electron chi connectivity index (χ3n) is 2.63. The fourth-order valence-corrected chi connectivity index (χ4v) is 1.76. The number of Topliss-reactive ketones (excluding diaryl/α,β-unsaturated/α-hetero) is 1. The van der Waals surface area contributed by atoms with E-state index in [0.29, 0.717) is 0 Å². The highest BCUT2D eigenvalue weighted by Crippen LogP contribution is 2.28. The second-order valence-corrected chi connectivity index (χ2v) is 3.82. The van der Waals surface area contributed by atoms with E-state index < -0.39 is 17.5 Å². The average molecular weight is 250 g/mol. The fraction of sp³-hybridized carbons (Fsp3) is 0.0714. The standard InChI is InChI=1S/C14H9F3O/c1-8(18)9-4-2-3-5-10(9)11-6-7-12(15)14(17)13(11)16/h2-7H,1H3. The van der Waals surface area contributed by atoms with Crippen LogP contribution in [0.15, 0.2) is 36.4 Å². The SMILES string of the molecule is CC(=O)c1ccccc1-c1ccc(F)c(F)c1F. The summed E-state index contributed by atoms with van der Waals surface area (Å²) in [6.45, 7) is 1.33. The summed E-state index contributed by atoms with van der Waals surface area (Å²) in [5, 5.41) is 0. The highest BCUT2D eigenvalue weighted by atomic mass is 19.2. The second-order valence-electron chi connectivity index (χ2n) is 3.82. The van der Waals surface area contributed by atoms with E-state index in [1.54, 1.807) is 12.1 Å². The van der Waals surface area contributed by atoms with Gasteiger partial charge < -0.3 is 0 Å². The topological polar surface area (TPSA) is 17.1 Å². The molecule has 0 atom stereocenters. The largest absolute Gasteiger partial charge is 0.294 e. The zero-order chi connectivity index (χ0) is 13.3. The lowest BCUT2D eigenvalue weighted by molar-refractivity contribution is 0.101. The van der Waals surface area contributed by atoms with E-state index in [1.807, 2.05) is 0 Å². The van der Waals surface area contributed by atoms with Gasteiger partial charge in [0.15, 0.2) is 23.2 Å². The van der Waals surface area contributed by atoms with Gasteiger partial charge in [-0.15, -0.1) is 0 Å². The minimum atomic E-state index is -1.54. The summed E-state index contributed by atoms with van der Waals surface area (Å²) in [5.41, 5.74) is 0.392. The molecule has 2 aromatic rings. The maximum Gasteiger partial charge on any atom is 0.195 e.